The molecule has 1 saturated heterocycles. The number of aryl methyl sites for hydroxylation is 1. The molecule has 1 aromatic rings. The van der Waals surface area contributed by atoms with E-state index in [1.54, 1.807) is 12.1 Å². The van der Waals surface area contributed by atoms with Gasteiger partial charge in [0.1, 0.15) is 5.82 Å². The first-order valence-electron chi connectivity index (χ1n) is 6.87. The summed E-state index contributed by atoms with van der Waals surface area (Å²) in [4.78, 5) is 0. The average molecular weight is 254 g/mol. The third kappa shape index (κ3) is 9.14. The largest absolute Gasteiger partial charge is 0.327 e. The number of benzene rings is 1. The molecule has 1 atom stereocenters. The maximum absolute atomic E-state index is 12.1. The second-order valence-electron chi connectivity index (χ2n) is 4.26. The van der Waals surface area contributed by atoms with Gasteiger partial charge in [0.15, 0.2) is 0 Å². The fourth-order valence-electron chi connectivity index (χ4n) is 1.58. The third-order valence-corrected chi connectivity index (χ3v) is 2.60. The van der Waals surface area contributed by atoms with E-state index in [0.717, 1.165) is 18.7 Å². The Balaban J connectivity index is 0.000000283. The molecule has 2 rings (SSSR count). The summed E-state index contributed by atoms with van der Waals surface area (Å²) in [6.45, 7) is 8.10. The van der Waals surface area contributed by atoms with Gasteiger partial charge in [-0.05, 0) is 38.4 Å². The molecule has 2 nitrogen and oxygen atoms in total. The summed E-state index contributed by atoms with van der Waals surface area (Å²) in [5.41, 5.74) is 6.76. The number of hydrogen-bond acceptors (Lipinski definition) is 2. The minimum Gasteiger partial charge on any atom is -0.327 e. The molecular weight excluding hydrogens is 227 g/mol. The molecule has 1 heterocycles. The van der Waals surface area contributed by atoms with Crippen LogP contribution >= 0.6 is 0 Å². The van der Waals surface area contributed by atoms with Gasteiger partial charge < -0.3 is 11.1 Å². The Morgan fingerprint density at radius 1 is 1.17 bits per heavy atom. The Morgan fingerprint density at radius 3 is 2.33 bits per heavy atom. The zero-order valence-corrected chi connectivity index (χ0v) is 11.9. The van der Waals surface area contributed by atoms with Crippen LogP contribution in [0.15, 0.2) is 24.3 Å². The van der Waals surface area contributed by atoms with Crippen LogP contribution < -0.4 is 11.1 Å². The minimum absolute atomic E-state index is 0.171. The van der Waals surface area contributed by atoms with Gasteiger partial charge in [0.25, 0.3) is 0 Å². The van der Waals surface area contributed by atoms with Crippen LogP contribution in [0.5, 0.6) is 0 Å². The van der Waals surface area contributed by atoms with E-state index in [2.05, 4.69) is 5.32 Å². The predicted molar refractivity (Wildman–Crippen MR) is 77.2 cm³/mol. The lowest BCUT2D eigenvalue weighted by Crippen LogP contribution is -2.31. The van der Waals surface area contributed by atoms with E-state index in [-0.39, 0.29) is 5.82 Å². The van der Waals surface area contributed by atoms with Crippen molar-refractivity contribution in [1.29, 1.82) is 0 Å². The first-order valence-corrected chi connectivity index (χ1v) is 6.87. The van der Waals surface area contributed by atoms with Gasteiger partial charge >= 0.3 is 0 Å². The number of halogens is 1. The fraction of sp³-hybridized carbons (Fsp3) is 0.600. The lowest BCUT2D eigenvalue weighted by molar-refractivity contribution is 0.600. The Kier molecular flexibility index (Phi) is 10.6. The summed E-state index contributed by atoms with van der Waals surface area (Å²) < 4.78 is 12.1. The van der Waals surface area contributed by atoms with Gasteiger partial charge in [-0.1, -0.05) is 38.0 Å². The maximum Gasteiger partial charge on any atom is 0.123 e. The summed E-state index contributed by atoms with van der Waals surface area (Å²) in [6.07, 6.45) is 3.80. The van der Waals surface area contributed by atoms with E-state index in [1.807, 2.05) is 20.8 Å². The molecule has 104 valence electrons. The van der Waals surface area contributed by atoms with Crippen LogP contribution in [0, 0.1) is 12.7 Å². The molecule has 0 radical (unpaired) electrons. The van der Waals surface area contributed by atoms with Crippen LogP contribution in [-0.4, -0.2) is 19.1 Å². The Bertz CT molecular complexity index is 256. The van der Waals surface area contributed by atoms with E-state index >= 15 is 0 Å². The second kappa shape index (κ2) is 11.2. The lowest BCUT2D eigenvalue weighted by atomic mass is 10.2. The quantitative estimate of drug-likeness (QED) is 0.746. The van der Waals surface area contributed by atoms with Crippen molar-refractivity contribution in [2.45, 2.75) is 46.1 Å². The number of nitrogens with two attached hydrogens (primary N) is 1. The molecule has 0 aliphatic carbocycles. The zero-order chi connectivity index (χ0) is 13.8. The van der Waals surface area contributed by atoms with E-state index in [1.165, 1.54) is 31.4 Å². The molecular formula is C15H27FN2. The van der Waals surface area contributed by atoms with Gasteiger partial charge in [0.2, 0.25) is 0 Å². The van der Waals surface area contributed by atoms with E-state index in [4.69, 9.17) is 5.73 Å². The van der Waals surface area contributed by atoms with Crippen LogP contribution in [0.1, 0.15) is 38.7 Å². The van der Waals surface area contributed by atoms with Crippen molar-refractivity contribution in [2.24, 2.45) is 5.73 Å². The Morgan fingerprint density at radius 2 is 1.78 bits per heavy atom. The van der Waals surface area contributed by atoms with Crippen LogP contribution in [-0.2, 0) is 0 Å². The van der Waals surface area contributed by atoms with Gasteiger partial charge in [0, 0.05) is 12.6 Å². The summed E-state index contributed by atoms with van der Waals surface area (Å²) >= 11 is 0. The highest BCUT2D eigenvalue weighted by Crippen LogP contribution is 2.00. The summed E-state index contributed by atoms with van der Waals surface area (Å²) in [5, 5.41) is 3.27. The van der Waals surface area contributed by atoms with Crippen molar-refractivity contribution in [1.82, 2.24) is 5.32 Å². The lowest BCUT2D eigenvalue weighted by Gasteiger charge is -2.04. The van der Waals surface area contributed by atoms with Gasteiger partial charge in [-0.2, -0.15) is 0 Å². The third-order valence-electron chi connectivity index (χ3n) is 2.60. The smallest absolute Gasteiger partial charge is 0.123 e. The summed E-state index contributed by atoms with van der Waals surface area (Å²) in [6, 6.07) is 6.81. The molecule has 1 aliphatic rings. The minimum atomic E-state index is -0.171. The molecule has 3 heteroatoms. The van der Waals surface area contributed by atoms with Crippen LogP contribution in [0.3, 0.4) is 0 Å². The van der Waals surface area contributed by atoms with Crippen molar-refractivity contribution >= 4 is 0 Å². The van der Waals surface area contributed by atoms with Crippen molar-refractivity contribution < 1.29 is 4.39 Å². The topological polar surface area (TPSA) is 38.0 Å². The molecule has 1 aromatic carbocycles. The molecule has 3 N–H and O–H groups in total. The van der Waals surface area contributed by atoms with Crippen molar-refractivity contribution in [3.8, 4) is 0 Å². The number of hydrogen-bond donors (Lipinski definition) is 2. The second-order valence-corrected chi connectivity index (χ2v) is 4.26. The van der Waals surface area contributed by atoms with Gasteiger partial charge in [-0.15, -0.1) is 0 Å². The molecule has 0 bridgehead atoms. The normalized spacial score (nSPS) is 18.6. The van der Waals surface area contributed by atoms with Crippen LogP contribution in [0.25, 0.3) is 0 Å². The molecule has 1 unspecified atom stereocenters. The summed E-state index contributed by atoms with van der Waals surface area (Å²) in [7, 11) is 0. The van der Waals surface area contributed by atoms with Gasteiger partial charge in [0.05, 0.1) is 0 Å². The van der Waals surface area contributed by atoms with Gasteiger partial charge in [-0.25, -0.2) is 4.39 Å². The first-order chi connectivity index (χ1) is 8.68. The highest BCUT2D eigenvalue weighted by molar-refractivity contribution is 5.13. The molecule has 0 saturated carbocycles. The highest BCUT2D eigenvalue weighted by Gasteiger charge is 2.04. The fourth-order valence-corrected chi connectivity index (χ4v) is 1.58. The van der Waals surface area contributed by atoms with Crippen LogP contribution in [0.4, 0.5) is 4.39 Å². The average Bonchev–Trinajstić information content (AvgIpc) is 2.64. The van der Waals surface area contributed by atoms with E-state index in [9.17, 15) is 4.39 Å². The van der Waals surface area contributed by atoms with Crippen molar-refractivity contribution in [3.63, 3.8) is 0 Å². The number of nitrogens with one attached hydrogen (secondary N) is 1. The highest BCUT2D eigenvalue weighted by atomic mass is 19.1. The molecule has 1 fully saturated rings. The molecule has 18 heavy (non-hydrogen) atoms. The van der Waals surface area contributed by atoms with E-state index in [0.29, 0.717) is 6.04 Å². The maximum atomic E-state index is 12.1. The first kappa shape index (κ1) is 17.1. The monoisotopic (exact) mass is 254 g/mol. The molecule has 0 aromatic heterocycles. The zero-order valence-electron chi connectivity index (χ0n) is 11.9. The standard InChI is InChI=1S/C7H7F.C6H14N2.C2H6/c1-6-2-4-7(8)5-3-6;7-6-3-1-2-4-8-5-6;1-2/h2-5H,1H3;6,8H,1-5,7H2;1-2H3. The van der Waals surface area contributed by atoms with Crippen molar-refractivity contribution in [3.05, 3.63) is 35.6 Å². The van der Waals surface area contributed by atoms with Gasteiger partial charge in [-0.3, -0.25) is 0 Å². The van der Waals surface area contributed by atoms with Crippen LogP contribution in [0.2, 0.25) is 0 Å². The Hall–Kier alpha value is -0.930. The predicted octanol–water partition coefficient (Wildman–Crippen LogP) is 3.25. The summed E-state index contributed by atoms with van der Waals surface area (Å²) in [5.74, 6) is -0.171. The SMILES string of the molecule is CC.Cc1ccc(F)cc1.NC1CCCCNC1. The molecule has 0 spiro atoms. The molecule has 1 aliphatic heterocycles. The van der Waals surface area contributed by atoms with Crippen molar-refractivity contribution in [2.75, 3.05) is 13.1 Å². The number of rotatable bonds is 0. The Labute approximate surface area is 111 Å². The molecule has 0 amide bonds. The van der Waals surface area contributed by atoms with E-state index < -0.39 is 0 Å².